The van der Waals surface area contributed by atoms with Crippen molar-refractivity contribution in [2.75, 3.05) is 6.54 Å². The van der Waals surface area contributed by atoms with Gasteiger partial charge in [-0.1, -0.05) is 0 Å². The number of carbonyl (C=O) groups is 2. The molecule has 0 saturated carbocycles. The van der Waals surface area contributed by atoms with E-state index in [4.69, 9.17) is 5.11 Å². The van der Waals surface area contributed by atoms with Gasteiger partial charge in [-0.25, -0.2) is 0 Å². The molecule has 0 radical (unpaired) electrons. The highest BCUT2D eigenvalue weighted by Crippen LogP contribution is 2.29. The molecule has 1 aliphatic carbocycles. The van der Waals surface area contributed by atoms with Crippen LogP contribution in [0.3, 0.4) is 0 Å². The lowest BCUT2D eigenvalue weighted by atomic mass is 9.95. The first-order valence-corrected chi connectivity index (χ1v) is 6.78. The summed E-state index contributed by atoms with van der Waals surface area (Å²) in [6.07, 6.45) is 4.47. The number of hydrogen-bond acceptors (Lipinski definition) is 2. The van der Waals surface area contributed by atoms with Crippen LogP contribution in [0.25, 0.3) is 10.9 Å². The lowest BCUT2D eigenvalue weighted by Gasteiger charge is -2.10. The molecule has 0 fully saturated rings. The topological polar surface area (TPSA) is 82.2 Å². The van der Waals surface area contributed by atoms with E-state index < -0.39 is 5.97 Å². The number of carbonyl (C=O) groups excluding carboxylic acids is 1. The van der Waals surface area contributed by atoms with E-state index in [0.29, 0.717) is 5.56 Å². The summed E-state index contributed by atoms with van der Waals surface area (Å²) in [5.41, 5.74) is 4.13. The second kappa shape index (κ2) is 5.00. The first-order chi connectivity index (χ1) is 9.65. The third-order valence-corrected chi connectivity index (χ3v) is 3.76. The van der Waals surface area contributed by atoms with E-state index in [1.807, 2.05) is 12.1 Å². The Morgan fingerprint density at radius 3 is 2.85 bits per heavy atom. The van der Waals surface area contributed by atoms with E-state index in [1.54, 1.807) is 6.07 Å². The summed E-state index contributed by atoms with van der Waals surface area (Å²) >= 11 is 0. The fourth-order valence-electron chi connectivity index (χ4n) is 2.81. The summed E-state index contributed by atoms with van der Waals surface area (Å²) in [5, 5.41) is 12.1. The zero-order valence-corrected chi connectivity index (χ0v) is 11.0. The number of carboxylic acids is 1. The van der Waals surface area contributed by atoms with Gasteiger partial charge in [-0.05, 0) is 49.4 Å². The number of H-pyrrole nitrogens is 1. The van der Waals surface area contributed by atoms with Gasteiger partial charge in [0.2, 0.25) is 0 Å². The summed E-state index contributed by atoms with van der Waals surface area (Å²) in [6.45, 7) is -0.359. The van der Waals surface area contributed by atoms with Crippen LogP contribution < -0.4 is 5.32 Å². The number of hydrogen-bond donors (Lipinski definition) is 3. The van der Waals surface area contributed by atoms with Crippen LogP contribution in [-0.4, -0.2) is 28.5 Å². The molecule has 1 aromatic carbocycles. The number of aromatic amines is 1. The van der Waals surface area contributed by atoms with Crippen LogP contribution in [0.5, 0.6) is 0 Å². The maximum atomic E-state index is 11.9. The Bertz CT molecular complexity index is 688. The van der Waals surface area contributed by atoms with Gasteiger partial charge in [-0.3, -0.25) is 9.59 Å². The molecule has 104 valence electrons. The third-order valence-electron chi connectivity index (χ3n) is 3.76. The molecular formula is C15H16N2O3. The van der Waals surface area contributed by atoms with Crippen LogP contribution in [0, 0.1) is 0 Å². The second-order valence-corrected chi connectivity index (χ2v) is 5.13. The standard InChI is InChI=1S/C15H16N2O3/c18-14(19)8-16-15(20)9-5-6-13-11(7-9)10-3-1-2-4-12(10)17-13/h5-7,17H,1-4,8H2,(H,16,20)(H,18,19). The highest BCUT2D eigenvalue weighted by Gasteiger charge is 2.16. The quantitative estimate of drug-likeness (QED) is 0.797. The minimum Gasteiger partial charge on any atom is -0.480 e. The Morgan fingerprint density at radius 1 is 1.25 bits per heavy atom. The minimum atomic E-state index is -1.04. The molecular weight excluding hydrogens is 256 g/mol. The van der Waals surface area contributed by atoms with Gasteiger partial charge in [-0.15, -0.1) is 0 Å². The molecule has 3 N–H and O–H groups in total. The average molecular weight is 272 g/mol. The number of nitrogens with one attached hydrogen (secondary N) is 2. The summed E-state index contributed by atoms with van der Waals surface area (Å²) in [7, 11) is 0. The fourth-order valence-corrected chi connectivity index (χ4v) is 2.81. The number of aromatic nitrogens is 1. The Labute approximate surface area is 116 Å². The van der Waals surface area contributed by atoms with Gasteiger partial charge in [-0.2, -0.15) is 0 Å². The van der Waals surface area contributed by atoms with E-state index in [1.165, 1.54) is 24.1 Å². The van der Waals surface area contributed by atoms with E-state index in [-0.39, 0.29) is 12.5 Å². The van der Waals surface area contributed by atoms with Gasteiger partial charge in [0.05, 0.1) is 0 Å². The highest BCUT2D eigenvalue weighted by atomic mass is 16.4. The molecule has 0 unspecified atom stereocenters. The highest BCUT2D eigenvalue weighted by molar-refractivity contribution is 6.00. The van der Waals surface area contributed by atoms with Gasteiger partial charge in [0.25, 0.3) is 5.91 Å². The predicted octanol–water partition coefficient (Wildman–Crippen LogP) is 1.86. The number of amides is 1. The van der Waals surface area contributed by atoms with Crippen molar-refractivity contribution < 1.29 is 14.7 Å². The van der Waals surface area contributed by atoms with Crippen molar-refractivity contribution in [3.05, 3.63) is 35.0 Å². The molecule has 1 amide bonds. The van der Waals surface area contributed by atoms with Gasteiger partial charge >= 0.3 is 5.97 Å². The normalized spacial score (nSPS) is 14.0. The zero-order chi connectivity index (χ0) is 14.1. The van der Waals surface area contributed by atoms with Gasteiger partial charge in [0.15, 0.2) is 0 Å². The molecule has 3 rings (SSSR count). The van der Waals surface area contributed by atoms with Crippen LogP contribution in [0.15, 0.2) is 18.2 Å². The molecule has 20 heavy (non-hydrogen) atoms. The molecule has 1 aromatic heterocycles. The van der Waals surface area contributed by atoms with Gasteiger partial charge in [0.1, 0.15) is 6.54 Å². The molecule has 5 heteroatoms. The molecule has 2 aromatic rings. The molecule has 1 aliphatic rings. The predicted molar refractivity (Wildman–Crippen MR) is 74.9 cm³/mol. The maximum absolute atomic E-state index is 11.9. The molecule has 0 aliphatic heterocycles. The smallest absolute Gasteiger partial charge is 0.322 e. The summed E-state index contributed by atoms with van der Waals surface area (Å²) in [4.78, 5) is 25.8. The van der Waals surface area contributed by atoms with Gasteiger partial charge < -0.3 is 15.4 Å². The molecule has 5 nitrogen and oxygen atoms in total. The summed E-state index contributed by atoms with van der Waals surface area (Å²) < 4.78 is 0. The second-order valence-electron chi connectivity index (χ2n) is 5.13. The van der Waals surface area contributed by atoms with E-state index in [2.05, 4.69) is 10.3 Å². The van der Waals surface area contributed by atoms with E-state index in [0.717, 1.165) is 23.7 Å². The number of rotatable bonds is 3. The molecule has 0 spiro atoms. The van der Waals surface area contributed by atoms with Crippen LogP contribution in [0.1, 0.15) is 34.5 Å². The van der Waals surface area contributed by atoms with E-state index in [9.17, 15) is 9.59 Å². The molecule has 0 saturated heterocycles. The first-order valence-electron chi connectivity index (χ1n) is 6.78. The van der Waals surface area contributed by atoms with Crippen molar-refractivity contribution in [1.29, 1.82) is 0 Å². The molecule has 1 heterocycles. The van der Waals surface area contributed by atoms with Crippen molar-refractivity contribution in [1.82, 2.24) is 10.3 Å². The SMILES string of the molecule is O=C(O)CNC(=O)c1ccc2[nH]c3c(c2c1)CCCC3. The summed E-state index contributed by atoms with van der Waals surface area (Å²) in [6, 6.07) is 5.47. The lowest BCUT2D eigenvalue weighted by molar-refractivity contribution is -0.135. The van der Waals surface area contributed by atoms with Crippen LogP contribution in [-0.2, 0) is 17.6 Å². The monoisotopic (exact) mass is 272 g/mol. The van der Waals surface area contributed by atoms with Crippen molar-refractivity contribution in [3.8, 4) is 0 Å². The van der Waals surface area contributed by atoms with Crippen LogP contribution >= 0.6 is 0 Å². The van der Waals surface area contributed by atoms with E-state index >= 15 is 0 Å². The molecule has 0 bridgehead atoms. The number of fused-ring (bicyclic) bond motifs is 3. The average Bonchev–Trinajstić information content (AvgIpc) is 2.82. The van der Waals surface area contributed by atoms with Crippen LogP contribution in [0.4, 0.5) is 0 Å². The number of aliphatic carboxylic acids is 1. The number of benzene rings is 1. The fraction of sp³-hybridized carbons (Fsp3) is 0.333. The largest absolute Gasteiger partial charge is 0.480 e. The minimum absolute atomic E-state index is 0.347. The Morgan fingerprint density at radius 2 is 2.05 bits per heavy atom. The van der Waals surface area contributed by atoms with Crippen LogP contribution in [0.2, 0.25) is 0 Å². The van der Waals surface area contributed by atoms with Crippen molar-refractivity contribution >= 4 is 22.8 Å². The Balaban J connectivity index is 1.93. The van der Waals surface area contributed by atoms with Crippen molar-refractivity contribution in [3.63, 3.8) is 0 Å². The van der Waals surface area contributed by atoms with Crippen molar-refractivity contribution in [2.45, 2.75) is 25.7 Å². The summed E-state index contributed by atoms with van der Waals surface area (Å²) in [5.74, 6) is -1.39. The maximum Gasteiger partial charge on any atom is 0.322 e. The Kier molecular flexibility index (Phi) is 3.18. The Hall–Kier alpha value is -2.30. The van der Waals surface area contributed by atoms with Crippen molar-refractivity contribution in [2.24, 2.45) is 0 Å². The first kappa shape index (κ1) is 12.7. The third kappa shape index (κ3) is 2.27. The lowest BCUT2D eigenvalue weighted by Crippen LogP contribution is -2.29. The number of aryl methyl sites for hydroxylation is 2. The molecule has 0 atom stereocenters. The number of carboxylic acid groups (broad SMARTS) is 1. The van der Waals surface area contributed by atoms with Gasteiger partial charge in [0, 0.05) is 22.2 Å². The zero-order valence-electron chi connectivity index (χ0n) is 11.0.